The molecule has 0 bridgehead atoms. The van der Waals surface area contributed by atoms with Gasteiger partial charge in [-0.1, -0.05) is 5.16 Å². The molecule has 0 fully saturated rings. The highest BCUT2D eigenvalue weighted by Crippen LogP contribution is 2.28. The van der Waals surface area contributed by atoms with E-state index in [1.54, 1.807) is 18.3 Å². The van der Waals surface area contributed by atoms with Gasteiger partial charge < -0.3 is 9.63 Å². The van der Waals surface area contributed by atoms with E-state index in [9.17, 15) is 4.79 Å². The summed E-state index contributed by atoms with van der Waals surface area (Å²) in [7, 11) is 0. The normalized spacial score (nSPS) is 10.2. The Balaban J connectivity index is 2.59. The zero-order chi connectivity index (χ0) is 10.8. The molecule has 0 aliphatic rings. The third-order valence-electron chi connectivity index (χ3n) is 1.77. The minimum Gasteiger partial charge on any atom is -0.477 e. The standard InChI is InChI=1S/C9H5BrN2O3/c10-6-2-1-3-11-7(6)8-5(9(13)14)4-12-15-8/h1-4H,(H,13,14). The maximum absolute atomic E-state index is 10.8. The van der Waals surface area contributed by atoms with Crippen LogP contribution in [0.25, 0.3) is 11.5 Å². The van der Waals surface area contributed by atoms with Crippen LogP contribution in [0.4, 0.5) is 0 Å². The van der Waals surface area contributed by atoms with Crippen LogP contribution in [0.2, 0.25) is 0 Å². The molecule has 1 N–H and O–H groups in total. The topological polar surface area (TPSA) is 76.2 Å². The Hall–Kier alpha value is -1.69. The van der Waals surface area contributed by atoms with Gasteiger partial charge in [-0.25, -0.2) is 4.79 Å². The minimum atomic E-state index is -1.09. The summed E-state index contributed by atoms with van der Waals surface area (Å²) in [5.74, 6) is -0.946. The van der Waals surface area contributed by atoms with Crippen LogP contribution in [-0.2, 0) is 0 Å². The second-order valence-electron chi connectivity index (χ2n) is 2.71. The summed E-state index contributed by atoms with van der Waals surface area (Å²) in [5, 5.41) is 12.3. The van der Waals surface area contributed by atoms with Crippen molar-refractivity contribution >= 4 is 21.9 Å². The predicted molar refractivity (Wildman–Crippen MR) is 54.4 cm³/mol. The highest BCUT2D eigenvalue weighted by Gasteiger charge is 2.19. The molecule has 0 radical (unpaired) electrons. The first kappa shape index (κ1) is 9.85. The van der Waals surface area contributed by atoms with Crippen molar-refractivity contribution in [2.75, 3.05) is 0 Å². The molecular weight excluding hydrogens is 264 g/mol. The summed E-state index contributed by atoms with van der Waals surface area (Å²) in [6, 6.07) is 3.47. The summed E-state index contributed by atoms with van der Waals surface area (Å²) < 4.78 is 5.53. The molecule has 76 valence electrons. The number of nitrogens with zero attached hydrogens (tertiary/aromatic N) is 2. The molecule has 0 unspecified atom stereocenters. The number of carbonyl (C=O) groups is 1. The number of halogens is 1. The fourth-order valence-corrected chi connectivity index (χ4v) is 1.55. The summed E-state index contributed by atoms with van der Waals surface area (Å²) in [4.78, 5) is 14.8. The Labute approximate surface area is 92.9 Å². The van der Waals surface area contributed by atoms with Crippen molar-refractivity contribution in [1.82, 2.24) is 10.1 Å². The summed E-state index contributed by atoms with van der Waals surface area (Å²) in [5.41, 5.74) is 0.418. The molecule has 0 aliphatic carbocycles. The predicted octanol–water partition coefficient (Wildman–Crippen LogP) is 2.20. The van der Waals surface area contributed by atoms with Crippen LogP contribution < -0.4 is 0 Å². The maximum Gasteiger partial charge on any atom is 0.341 e. The van der Waals surface area contributed by atoms with Crippen molar-refractivity contribution in [3.05, 3.63) is 34.6 Å². The molecule has 6 heteroatoms. The molecule has 0 saturated carbocycles. The van der Waals surface area contributed by atoms with E-state index in [4.69, 9.17) is 9.63 Å². The van der Waals surface area contributed by atoms with Gasteiger partial charge in [0, 0.05) is 10.7 Å². The number of hydrogen-bond acceptors (Lipinski definition) is 4. The molecule has 2 rings (SSSR count). The van der Waals surface area contributed by atoms with Crippen LogP contribution in [0.5, 0.6) is 0 Å². The highest BCUT2D eigenvalue weighted by atomic mass is 79.9. The van der Waals surface area contributed by atoms with E-state index < -0.39 is 5.97 Å². The molecule has 0 spiro atoms. The average molecular weight is 269 g/mol. The molecular formula is C9H5BrN2O3. The van der Waals surface area contributed by atoms with Crippen molar-refractivity contribution in [3.8, 4) is 11.5 Å². The summed E-state index contributed by atoms with van der Waals surface area (Å²) in [6.07, 6.45) is 2.70. The molecule has 0 amide bonds. The van der Waals surface area contributed by atoms with Crippen LogP contribution in [0.1, 0.15) is 10.4 Å². The first-order valence-electron chi connectivity index (χ1n) is 3.99. The van der Waals surface area contributed by atoms with Crippen LogP contribution in [0, 0.1) is 0 Å². The fourth-order valence-electron chi connectivity index (χ4n) is 1.12. The largest absolute Gasteiger partial charge is 0.477 e. The number of aromatic carboxylic acids is 1. The lowest BCUT2D eigenvalue weighted by Gasteiger charge is -1.98. The maximum atomic E-state index is 10.8. The number of rotatable bonds is 2. The van der Waals surface area contributed by atoms with Crippen molar-refractivity contribution in [2.45, 2.75) is 0 Å². The lowest BCUT2D eigenvalue weighted by Crippen LogP contribution is -1.97. The van der Waals surface area contributed by atoms with Crippen LogP contribution in [0.15, 0.2) is 33.5 Å². The number of aromatic nitrogens is 2. The second-order valence-corrected chi connectivity index (χ2v) is 3.56. The van der Waals surface area contributed by atoms with Crippen LogP contribution in [0.3, 0.4) is 0 Å². The molecule has 2 heterocycles. The van der Waals surface area contributed by atoms with Gasteiger partial charge in [-0.15, -0.1) is 0 Å². The number of pyridine rings is 1. The number of carboxylic acids is 1. The Morgan fingerprint density at radius 2 is 2.33 bits per heavy atom. The van der Waals surface area contributed by atoms with Crippen LogP contribution >= 0.6 is 15.9 Å². The van der Waals surface area contributed by atoms with Gasteiger partial charge >= 0.3 is 5.97 Å². The monoisotopic (exact) mass is 268 g/mol. The van der Waals surface area contributed by atoms with E-state index in [-0.39, 0.29) is 11.3 Å². The molecule has 2 aromatic rings. The van der Waals surface area contributed by atoms with Crippen molar-refractivity contribution < 1.29 is 14.4 Å². The Morgan fingerprint density at radius 3 is 3.00 bits per heavy atom. The first-order valence-corrected chi connectivity index (χ1v) is 4.78. The Morgan fingerprint density at radius 1 is 1.53 bits per heavy atom. The number of hydrogen-bond donors (Lipinski definition) is 1. The van der Waals surface area contributed by atoms with E-state index in [0.29, 0.717) is 10.2 Å². The van der Waals surface area contributed by atoms with E-state index >= 15 is 0 Å². The van der Waals surface area contributed by atoms with Crippen molar-refractivity contribution in [2.24, 2.45) is 0 Å². The average Bonchev–Trinajstić information content (AvgIpc) is 2.67. The van der Waals surface area contributed by atoms with Gasteiger partial charge in [0.25, 0.3) is 0 Å². The first-order chi connectivity index (χ1) is 7.20. The molecule has 0 atom stereocenters. The van der Waals surface area contributed by atoms with Gasteiger partial charge in [-0.3, -0.25) is 4.98 Å². The molecule has 0 aromatic carbocycles. The summed E-state index contributed by atoms with van der Waals surface area (Å²) in [6.45, 7) is 0. The van der Waals surface area contributed by atoms with Crippen LogP contribution in [-0.4, -0.2) is 21.2 Å². The zero-order valence-electron chi connectivity index (χ0n) is 7.35. The lowest BCUT2D eigenvalue weighted by molar-refractivity contribution is 0.0697. The van der Waals surface area contributed by atoms with Gasteiger partial charge in [-0.2, -0.15) is 0 Å². The minimum absolute atomic E-state index is 0.00519. The van der Waals surface area contributed by atoms with Gasteiger partial charge in [0.2, 0.25) is 5.76 Å². The quantitative estimate of drug-likeness (QED) is 0.904. The lowest BCUT2D eigenvalue weighted by atomic mass is 10.2. The Bertz CT molecular complexity index is 510. The molecule has 0 aliphatic heterocycles. The van der Waals surface area contributed by atoms with E-state index in [0.717, 1.165) is 6.20 Å². The third kappa shape index (κ3) is 1.75. The Kier molecular flexibility index (Phi) is 2.51. The molecule has 0 saturated heterocycles. The zero-order valence-corrected chi connectivity index (χ0v) is 8.93. The van der Waals surface area contributed by atoms with Gasteiger partial charge in [0.05, 0.1) is 6.20 Å². The fraction of sp³-hybridized carbons (Fsp3) is 0. The van der Waals surface area contributed by atoms with Gasteiger partial charge in [-0.05, 0) is 28.1 Å². The second kappa shape index (κ2) is 3.82. The molecule has 15 heavy (non-hydrogen) atoms. The van der Waals surface area contributed by atoms with Gasteiger partial charge in [0.1, 0.15) is 11.3 Å². The summed E-state index contributed by atoms with van der Waals surface area (Å²) >= 11 is 3.26. The molecule has 5 nitrogen and oxygen atoms in total. The van der Waals surface area contributed by atoms with E-state index in [2.05, 4.69) is 26.1 Å². The SMILES string of the molecule is O=C(O)c1cnoc1-c1ncccc1Br. The van der Waals surface area contributed by atoms with Gasteiger partial charge in [0.15, 0.2) is 0 Å². The molecule has 2 aromatic heterocycles. The van der Waals surface area contributed by atoms with Crippen molar-refractivity contribution in [3.63, 3.8) is 0 Å². The van der Waals surface area contributed by atoms with E-state index in [1.165, 1.54) is 0 Å². The number of carboxylic acid groups (broad SMARTS) is 1. The van der Waals surface area contributed by atoms with E-state index in [1.807, 2.05) is 0 Å². The highest BCUT2D eigenvalue weighted by molar-refractivity contribution is 9.10. The smallest absolute Gasteiger partial charge is 0.341 e. The van der Waals surface area contributed by atoms with Crippen molar-refractivity contribution in [1.29, 1.82) is 0 Å². The third-order valence-corrected chi connectivity index (χ3v) is 2.41.